The number of esters is 1. The zero-order valence-electron chi connectivity index (χ0n) is 14.0. The van der Waals surface area contributed by atoms with Crippen LogP contribution in [0.15, 0.2) is 29.4 Å². The minimum Gasteiger partial charge on any atom is -0.465 e. The number of piperazine rings is 1. The van der Waals surface area contributed by atoms with Crippen LogP contribution in [0.5, 0.6) is 0 Å². The van der Waals surface area contributed by atoms with E-state index < -0.39 is 16.0 Å². The van der Waals surface area contributed by atoms with Gasteiger partial charge in [-0.1, -0.05) is 6.07 Å². The van der Waals surface area contributed by atoms with Gasteiger partial charge < -0.3 is 9.64 Å². The zero-order valence-corrected chi connectivity index (χ0v) is 14.8. The summed E-state index contributed by atoms with van der Waals surface area (Å²) < 4.78 is 31.8. The van der Waals surface area contributed by atoms with Crippen LogP contribution in [0.4, 0.5) is 5.82 Å². The number of ether oxygens (including phenoxy) is 1. The summed E-state index contributed by atoms with van der Waals surface area (Å²) in [7, 11) is -2.68. The molecule has 1 aliphatic heterocycles. The van der Waals surface area contributed by atoms with E-state index in [4.69, 9.17) is 0 Å². The summed E-state index contributed by atoms with van der Waals surface area (Å²) in [4.78, 5) is 18.2. The third-order valence-corrected chi connectivity index (χ3v) is 5.93. The molecule has 134 valence electrons. The second-order valence-electron chi connectivity index (χ2n) is 5.60. The van der Waals surface area contributed by atoms with Crippen LogP contribution in [0, 0.1) is 6.92 Å². The Balaban J connectivity index is 1.80. The Kier molecular flexibility index (Phi) is 4.73. The summed E-state index contributed by atoms with van der Waals surface area (Å²) >= 11 is 0. The first kappa shape index (κ1) is 17.4. The average Bonchev–Trinajstić information content (AvgIpc) is 3.04. The summed E-state index contributed by atoms with van der Waals surface area (Å²) in [5, 5.41) is 6.09. The molecule has 0 atom stereocenters. The molecule has 0 aliphatic carbocycles. The van der Waals surface area contributed by atoms with E-state index in [0.717, 1.165) is 5.82 Å². The Hall–Kier alpha value is -2.46. The standard InChI is InChI=1S/C15H19N5O4S/c1-11-13(15(21)24-2)14(18-17-11)25(22,23)20-9-7-19(8-10-20)12-5-3-4-6-16-12/h3-6H,7-10H2,1-2H3,(H,17,18). The fraction of sp³-hybridized carbons (Fsp3) is 0.400. The number of sulfonamides is 1. The number of carbonyl (C=O) groups excluding carboxylic acids is 1. The number of aromatic nitrogens is 3. The number of H-pyrrole nitrogens is 1. The lowest BCUT2D eigenvalue weighted by Crippen LogP contribution is -2.49. The second-order valence-corrected chi connectivity index (χ2v) is 7.45. The number of hydrogen-bond acceptors (Lipinski definition) is 7. The molecule has 1 N–H and O–H groups in total. The minimum atomic E-state index is -3.89. The number of carbonyl (C=O) groups is 1. The van der Waals surface area contributed by atoms with Crippen molar-refractivity contribution in [2.24, 2.45) is 0 Å². The number of rotatable bonds is 4. The van der Waals surface area contributed by atoms with Crippen molar-refractivity contribution in [1.29, 1.82) is 0 Å². The Morgan fingerprint density at radius 3 is 2.56 bits per heavy atom. The number of anilines is 1. The topological polar surface area (TPSA) is 108 Å². The molecule has 1 fully saturated rings. The lowest BCUT2D eigenvalue weighted by atomic mass is 10.3. The predicted octanol–water partition coefficient (Wildman–Crippen LogP) is 0.411. The van der Waals surface area contributed by atoms with Crippen molar-refractivity contribution >= 4 is 21.8 Å². The van der Waals surface area contributed by atoms with E-state index in [9.17, 15) is 13.2 Å². The molecule has 3 heterocycles. The molecule has 0 radical (unpaired) electrons. The Morgan fingerprint density at radius 1 is 1.24 bits per heavy atom. The Morgan fingerprint density at radius 2 is 1.96 bits per heavy atom. The van der Waals surface area contributed by atoms with Crippen molar-refractivity contribution in [2.75, 3.05) is 38.2 Å². The van der Waals surface area contributed by atoms with Gasteiger partial charge in [0.2, 0.25) is 5.03 Å². The second kappa shape index (κ2) is 6.81. The highest BCUT2D eigenvalue weighted by Gasteiger charge is 2.35. The number of aromatic amines is 1. The monoisotopic (exact) mass is 365 g/mol. The third-order valence-electron chi connectivity index (χ3n) is 4.10. The third kappa shape index (κ3) is 3.22. The van der Waals surface area contributed by atoms with Crippen LogP contribution in [-0.2, 0) is 14.8 Å². The smallest absolute Gasteiger partial charge is 0.342 e. The average molecular weight is 365 g/mol. The maximum absolute atomic E-state index is 12.9. The van der Waals surface area contributed by atoms with Gasteiger partial charge in [0.1, 0.15) is 11.4 Å². The van der Waals surface area contributed by atoms with Gasteiger partial charge in [0.15, 0.2) is 0 Å². The van der Waals surface area contributed by atoms with Gasteiger partial charge >= 0.3 is 5.97 Å². The molecule has 0 unspecified atom stereocenters. The van der Waals surface area contributed by atoms with Gasteiger partial charge in [0, 0.05) is 38.1 Å². The van der Waals surface area contributed by atoms with E-state index in [1.165, 1.54) is 11.4 Å². The molecular weight excluding hydrogens is 346 g/mol. The SMILES string of the molecule is COC(=O)c1c(S(=O)(=O)N2CCN(c3ccccn3)CC2)n[nH]c1C. The van der Waals surface area contributed by atoms with Crippen molar-refractivity contribution in [1.82, 2.24) is 19.5 Å². The molecule has 1 aliphatic rings. The summed E-state index contributed by atoms with van der Waals surface area (Å²) in [6.07, 6.45) is 1.70. The van der Waals surface area contributed by atoms with Gasteiger partial charge in [-0.3, -0.25) is 5.10 Å². The quantitative estimate of drug-likeness (QED) is 0.782. The van der Waals surface area contributed by atoms with Gasteiger partial charge in [0.05, 0.1) is 7.11 Å². The van der Waals surface area contributed by atoms with Crippen molar-refractivity contribution in [3.05, 3.63) is 35.7 Å². The van der Waals surface area contributed by atoms with Crippen molar-refractivity contribution < 1.29 is 17.9 Å². The molecule has 0 bridgehead atoms. The number of aryl methyl sites for hydroxylation is 1. The van der Waals surface area contributed by atoms with Crippen LogP contribution in [0.25, 0.3) is 0 Å². The largest absolute Gasteiger partial charge is 0.465 e. The molecule has 2 aromatic rings. The molecule has 10 heteroatoms. The van der Waals surface area contributed by atoms with Crippen LogP contribution in [-0.4, -0.2) is 67.2 Å². The highest BCUT2D eigenvalue weighted by molar-refractivity contribution is 7.89. The van der Waals surface area contributed by atoms with Crippen LogP contribution in [0.1, 0.15) is 16.1 Å². The van der Waals surface area contributed by atoms with E-state index >= 15 is 0 Å². The first-order chi connectivity index (χ1) is 11.9. The molecule has 1 saturated heterocycles. The zero-order chi connectivity index (χ0) is 18.0. The van der Waals surface area contributed by atoms with Gasteiger partial charge in [0.25, 0.3) is 10.0 Å². The molecule has 3 rings (SSSR count). The molecule has 0 amide bonds. The minimum absolute atomic E-state index is 0.0466. The molecule has 9 nitrogen and oxygen atoms in total. The van der Waals surface area contributed by atoms with Crippen molar-refractivity contribution in [3.63, 3.8) is 0 Å². The van der Waals surface area contributed by atoms with Gasteiger partial charge in [-0.05, 0) is 19.1 Å². The maximum Gasteiger partial charge on any atom is 0.342 e. The summed E-state index contributed by atoms with van der Waals surface area (Å²) in [6, 6.07) is 5.61. The normalized spacial score (nSPS) is 16.0. The number of nitrogens with zero attached hydrogens (tertiary/aromatic N) is 4. The number of hydrogen-bond donors (Lipinski definition) is 1. The van der Waals surface area contributed by atoms with Gasteiger partial charge in [-0.15, -0.1) is 0 Å². The summed E-state index contributed by atoms with van der Waals surface area (Å²) in [5.74, 6) is 0.0855. The lowest BCUT2D eigenvalue weighted by Gasteiger charge is -2.34. The van der Waals surface area contributed by atoms with Crippen LogP contribution in [0.3, 0.4) is 0 Å². The fourth-order valence-electron chi connectivity index (χ4n) is 2.76. The van der Waals surface area contributed by atoms with Crippen molar-refractivity contribution in [3.8, 4) is 0 Å². The molecular formula is C15H19N5O4S. The number of nitrogens with one attached hydrogen (secondary N) is 1. The molecule has 2 aromatic heterocycles. The highest BCUT2D eigenvalue weighted by atomic mass is 32.2. The van der Waals surface area contributed by atoms with Crippen LogP contribution >= 0.6 is 0 Å². The lowest BCUT2D eigenvalue weighted by molar-refractivity contribution is 0.0595. The highest BCUT2D eigenvalue weighted by Crippen LogP contribution is 2.23. The number of pyridine rings is 1. The first-order valence-electron chi connectivity index (χ1n) is 7.74. The van der Waals surface area contributed by atoms with E-state index in [1.807, 2.05) is 23.1 Å². The molecule has 25 heavy (non-hydrogen) atoms. The first-order valence-corrected chi connectivity index (χ1v) is 9.18. The van der Waals surface area contributed by atoms with Gasteiger partial charge in [-0.2, -0.15) is 9.40 Å². The molecule has 0 spiro atoms. The van der Waals surface area contributed by atoms with E-state index in [2.05, 4.69) is 19.9 Å². The molecule has 0 saturated carbocycles. The van der Waals surface area contributed by atoms with Gasteiger partial charge in [-0.25, -0.2) is 18.2 Å². The van der Waals surface area contributed by atoms with Crippen molar-refractivity contribution in [2.45, 2.75) is 11.9 Å². The van der Waals surface area contributed by atoms with E-state index in [0.29, 0.717) is 18.8 Å². The maximum atomic E-state index is 12.9. The van der Waals surface area contributed by atoms with Crippen LogP contribution in [0.2, 0.25) is 0 Å². The summed E-state index contributed by atoms with van der Waals surface area (Å²) in [6.45, 7) is 3.16. The molecule has 0 aromatic carbocycles. The van der Waals surface area contributed by atoms with E-state index in [1.54, 1.807) is 13.1 Å². The summed E-state index contributed by atoms with van der Waals surface area (Å²) in [5.41, 5.74) is 0.312. The van der Waals surface area contributed by atoms with E-state index in [-0.39, 0.29) is 23.7 Å². The Labute approximate surface area is 145 Å². The predicted molar refractivity (Wildman–Crippen MR) is 89.9 cm³/mol. The fourth-order valence-corrected chi connectivity index (χ4v) is 4.30. The van der Waals surface area contributed by atoms with Crippen LogP contribution < -0.4 is 4.90 Å². The number of methoxy groups -OCH3 is 1. The Bertz CT molecular complexity index is 857.